The Labute approximate surface area is 82.5 Å². The van der Waals surface area contributed by atoms with E-state index >= 15 is 0 Å². The van der Waals surface area contributed by atoms with Crippen molar-refractivity contribution in [2.45, 2.75) is 13.3 Å². The van der Waals surface area contributed by atoms with E-state index in [9.17, 15) is 0 Å². The molecule has 1 heterocycles. The molecular formula is C9H12ClN3. The molecule has 70 valence electrons. The Morgan fingerprint density at radius 3 is 3.00 bits per heavy atom. The molecular weight excluding hydrogens is 186 g/mol. The summed E-state index contributed by atoms with van der Waals surface area (Å²) < 4.78 is 0. The van der Waals surface area contributed by atoms with Gasteiger partial charge in [-0.3, -0.25) is 4.98 Å². The van der Waals surface area contributed by atoms with Gasteiger partial charge in [-0.15, -0.1) is 0 Å². The third kappa shape index (κ3) is 2.31. The van der Waals surface area contributed by atoms with Crippen LogP contribution in [-0.4, -0.2) is 16.5 Å². The van der Waals surface area contributed by atoms with Crippen LogP contribution < -0.4 is 5.32 Å². The maximum atomic E-state index is 5.69. The molecule has 3 nitrogen and oxygen atoms in total. The number of nitrogens with zero attached hydrogens (tertiary/aromatic N) is 2. The first-order valence-electron chi connectivity index (χ1n) is 4.47. The van der Waals surface area contributed by atoms with Gasteiger partial charge in [0.15, 0.2) is 0 Å². The van der Waals surface area contributed by atoms with Crippen molar-refractivity contribution < 1.29 is 0 Å². The second kappa shape index (κ2) is 3.50. The minimum atomic E-state index is 0.439. The van der Waals surface area contributed by atoms with Crippen molar-refractivity contribution in [1.82, 2.24) is 9.97 Å². The van der Waals surface area contributed by atoms with Crippen LogP contribution in [0.3, 0.4) is 0 Å². The molecule has 0 spiro atoms. The molecule has 2 rings (SSSR count). The van der Waals surface area contributed by atoms with Gasteiger partial charge in [0, 0.05) is 6.54 Å². The molecule has 1 aliphatic carbocycles. The van der Waals surface area contributed by atoms with Crippen LogP contribution in [0.2, 0.25) is 5.15 Å². The first-order chi connectivity index (χ1) is 6.25. The van der Waals surface area contributed by atoms with Gasteiger partial charge >= 0.3 is 0 Å². The summed E-state index contributed by atoms with van der Waals surface area (Å²) in [6, 6.07) is 0. The number of aromatic nitrogens is 2. The van der Waals surface area contributed by atoms with Crippen molar-refractivity contribution in [2.75, 3.05) is 11.9 Å². The van der Waals surface area contributed by atoms with Gasteiger partial charge in [0.05, 0.1) is 12.4 Å². The van der Waals surface area contributed by atoms with Crippen LogP contribution in [0.4, 0.5) is 5.82 Å². The van der Waals surface area contributed by atoms with E-state index in [4.69, 9.17) is 11.6 Å². The Balaban J connectivity index is 1.87. The molecule has 4 heteroatoms. The smallest absolute Gasteiger partial charge is 0.149 e. The van der Waals surface area contributed by atoms with Crippen molar-refractivity contribution in [1.29, 1.82) is 0 Å². The summed E-state index contributed by atoms with van der Waals surface area (Å²) in [7, 11) is 0. The fraction of sp³-hybridized carbons (Fsp3) is 0.556. The average molecular weight is 198 g/mol. The first-order valence-corrected chi connectivity index (χ1v) is 4.85. The average Bonchev–Trinajstić information content (AvgIpc) is 2.79. The normalized spacial score (nSPS) is 25.7. The zero-order valence-corrected chi connectivity index (χ0v) is 8.25. The number of anilines is 1. The van der Waals surface area contributed by atoms with E-state index in [1.54, 1.807) is 6.20 Å². The highest BCUT2D eigenvalue weighted by atomic mass is 35.5. The van der Waals surface area contributed by atoms with E-state index < -0.39 is 0 Å². The van der Waals surface area contributed by atoms with Gasteiger partial charge in [0.1, 0.15) is 11.0 Å². The molecule has 0 saturated heterocycles. The van der Waals surface area contributed by atoms with E-state index in [0.29, 0.717) is 5.15 Å². The molecule has 0 aliphatic heterocycles. The largest absolute Gasteiger partial charge is 0.368 e. The van der Waals surface area contributed by atoms with Crippen LogP contribution in [0.15, 0.2) is 12.4 Å². The van der Waals surface area contributed by atoms with Crippen LogP contribution in [0, 0.1) is 11.8 Å². The Kier molecular flexibility index (Phi) is 2.36. The molecule has 2 unspecified atom stereocenters. The molecule has 1 saturated carbocycles. The SMILES string of the molecule is CC1CC1CNc1cncc(Cl)n1. The van der Waals surface area contributed by atoms with Crippen LogP contribution in [0.25, 0.3) is 0 Å². The third-order valence-corrected chi connectivity index (χ3v) is 2.61. The molecule has 2 atom stereocenters. The molecule has 0 amide bonds. The van der Waals surface area contributed by atoms with E-state index in [1.807, 2.05) is 0 Å². The van der Waals surface area contributed by atoms with Gasteiger partial charge < -0.3 is 5.32 Å². The van der Waals surface area contributed by atoms with E-state index in [2.05, 4.69) is 22.2 Å². The zero-order chi connectivity index (χ0) is 9.26. The van der Waals surface area contributed by atoms with Gasteiger partial charge in [-0.2, -0.15) is 0 Å². The molecule has 13 heavy (non-hydrogen) atoms. The zero-order valence-electron chi connectivity index (χ0n) is 7.50. The number of rotatable bonds is 3. The summed E-state index contributed by atoms with van der Waals surface area (Å²) in [6.45, 7) is 3.24. The van der Waals surface area contributed by atoms with E-state index in [1.165, 1.54) is 12.6 Å². The van der Waals surface area contributed by atoms with Gasteiger partial charge in [-0.05, 0) is 18.3 Å². The summed E-state index contributed by atoms with van der Waals surface area (Å²) in [4.78, 5) is 8.03. The van der Waals surface area contributed by atoms with Crippen molar-refractivity contribution in [3.05, 3.63) is 17.5 Å². The maximum absolute atomic E-state index is 5.69. The Bertz CT molecular complexity index is 303. The molecule has 0 radical (unpaired) electrons. The maximum Gasteiger partial charge on any atom is 0.149 e. The number of halogens is 1. The predicted molar refractivity (Wildman–Crippen MR) is 52.8 cm³/mol. The lowest BCUT2D eigenvalue weighted by molar-refractivity contribution is 0.784. The van der Waals surface area contributed by atoms with Crippen molar-refractivity contribution in [3.63, 3.8) is 0 Å². The fourth-order valence-electron chi connectivity index (χ4n) is 1.35. The Morgan fingerprint density at radius 2 is 2.38 bits per heavy atom. The lowest BCUT2D eigenvalue weighted by Gasteiger charge is -2.03. The summed E-state index contributed by atoms with van der Waals surface area (Å²) >= 11 is 5.69. The quantitative estimate of drug-likeness (QED) is 0.808. The monoisotopic (exact) mass is 197 g/mol. The van der Waals surface area contributed by atoms with Gasteiger partial charge in [-0.1, -0.05) is 18.5 Å². The molecule has 0 bridgehead atoms. The fourth-order valence-corrected chi connectivity index (χ4v) is 1.49. The van der Waals surface area contributed by atoms with Crippen LogP contribution >= 0.6 is 11.6 Å². The van der Waals surface area contributed by atoms with Gasteiger partial charge in [0.2, 0.25) is 0 Å². The second-order valence-corrected chi connectivity index (χ2v) is 3.97. The molecule has 0 aromatic carbocycles. The number of nitrogens with one attached hydrogen (secondary N) is 1. The Hall–Kier alpha value is -0.830. The Morgan fingerprint density at radius 1 is 1.62 bits per heavy atom. The predicted octanol–water partition coefficient (Wildman–Crippen LogP) is 2.20. The minimum Gasteiger partial charge on any atom is -0.368 e. The highest BCUT2D eigenvalue weighted by Gasteiger charge is 2.31. The van der Waals surface area contributed by atoms with Crippen LogP contribution in [-0.2, 0) is 0 Å². The lowest BCUT2D eigenvalue weighted by atomic mass is 10.3. The first kappa shape index (κ1) is 8.75. The summed E-state index contributed by atoms with van der Waals surface area (Å²) in [5.41, 5.74) is 0. The summed E-state index contributed by atoms with van der Waals surface area (Å²) in [5.74, 6) is 2.44. The summed E-state index contributed by atoms with van der Waals surface area (Å²) in [5, 5.41) is 3.66. The van der Waals surface area contributed by atoms with Crippen LogP contribution in [0.1, 0.15) is 13.3 Å². The van der Waals surface area contributed by atoms with E-state index in [0.717, 1.165) is 24.2 Å². The van der Waals surface area contributed by atoms with Gasteiger partial charge in [-0.25, -0.2) is 4.98 Å². The molecule has 1 aromatic heterocycles. The standard InChI is InChI=1S/C9H12ClN3/c1-6-2-7(6)3-12-9-5-11-4-8(10)13-9/h4-7H,2-3H2,1H3,(H,12,13). The highest BCUT2D eigenvalue weighted by Crippen LogP contribution is 2.37. The second-order valence-electron chi connectivity index (χ2n) is 3.58. The van der Waals surface area contributed by atoms with Crippen molar-refractivity contribution in [3.8, 4) is 0 Å². The minimum absolute atomic E-state index is 0.439. The molecule has 1 N–H and O–H groups in total. The van der Waals surface area contributed by atoms with E-state index in [-0.39, 0.29) is 0 Å². The lowest BCUT2D eigenvalue weighted by Crippen LogP contribution is -2.06. The number of hydrogen-bond acceptors (Lipinski definition) is 3. The van der Waals surface area contributed by atoms with Gasteiger partial charge in [0.25, 0.3) is 0 Å². The topological polar surface area (TPSA) is 37.8 Å². The van der Waals surface area contributed by atoms with Crippen LogP contribution in [0.5, 0.6) is 0 Å². The highest BCUT2D eigenvalue weighted by molar-refractivity contribution is 6.29. The van der Waals surface area contributed by atoms with Crippen molar-refractivity contribution in [2.24, 2.45) is 11.8 Å². The number of hydrogen-bond donors (Lipinski definition) is 1. The summed E-state index contributed by atoms with van der Waals surface area (Å²) in [6.07, 6.45) is 4.55. The molecule has 1 aromatic rings. The van der Waals surface area contributed by atoms with Crippen molar-refractivity contribution >= 4 is 17.4 Å². The third-order valence-electron chi connectivity index (χ3n) is 2.43. The molecule has 1 fully saturated rings. The molecule has 1 aliphatic rings.